The Hall–Kier alpha value is -8.94. The second kappa shape index (κ2) is 14.6. The molecular weight excluding hydrogens is 797 g/mol. The van der Waals surface area contributed by atoms with Crippen LogP contribution in [0.2, 0.25) is 0 Å². The number of benzene rings is 9. The third-order valence-electron chi connectivity index (χ3n) is 12.7. The van der Waals surface area contributed by atoms with Crippen molar-refractivity contribution in [1.82, 2.24) is 28.7 Å². The first-order chi connectivity index (χ1) is 32.2. The predicted octanol–water partition coefficient (Wildman–Crippen LogP) is 13.5. The lowest BCUT2D eigenvalue weighted by Gasteiger charge is -2.15. The van der Waals surface area contributed by atoms with Crippen LogP contribution in [-0.2, 0) is 0 Å². The molecule has 0 radical (unpaired) electrons. The second-order valence-corrected chi connectivity index (χ2v) is 16.3. The number of rotatable bonds is 6. The Morgan fingerprint density at radius 1 is 0.323 bits per heavy atom. The number of pyridine rings is 1. The lowest BCUT2D eigenvalue weighted by Crippen LogP contribution is -2.19. The van der Waals surface area contributed by atoms with Gasteiger partial charge in [0, 0.05) is 55.0 Å². The zero-order valence-electron chi connectivity index (χ0n) is 34.9. The highest BCUT2D eigenvalue weighted by Gasteiger charge is 2.25. The maximum Gasteiger partial charge on any atom is 0.265 e. The molecule has 65 heavy (non-hydrogen) atoms. The Kier molecular flexibility index (Phi) is 8.23. The van der Waals surface area contributed by atoms with E-state index in [-0.39, 0.29) is 5.56 Å². The van der Waals surface area contributed by atoms with Gasteiger partial charge in [-0.05, 0) is 66.0 Å². The molecule has 13 rings (SSSR count). The van der Waals surface area contributed by atoms with E-state index in [4.69, 9.17) is 15.0 Å². The van der Waals surface area contributed by atoms with Crippen molar-refractivity contribution < 1.29 is 0 Å². The average Bonchev–Trinajstić information content (AvgIpc) is 3.89. The first-order valence-corrected chi connectivity index (χ1v) is 21.7. The summed E-state index contributed by atoms with van der Waals surface area (Å²) in [6.45, 7) is 0. The molecule has 0 atom stereocenters. The lowest BCUT2D eigenvalue weighted by atomic mass is 10.0. The minimum Gasteiger partial charge on any atom is -0.309 e. The van der Waals surface area contributed by atoms with Crippen molar-refractivity contribution in [1.29, 1.82) is 0 Å². The summed E-state index contributed by atoms with van der Waals surface area (Å²) >= 11 is 0. The fourth-order valence-corrected chi connectivity index (χ4v) is 9.85. The molecule has 4 aromatic heterocycles. The van der Waals surface area contributed by atoms with Gasteiger partial charge in [0.2, 0.25) is 0 Å². The summed E-state index contributed by atoms with van der Waals surface area (Å²) in [5.41, 5.74) is 10.3. The Balaban J connectivity index is 1.12. The normalized spacial score (nSPS) is 11.8. The molecule has 0 aliphatic heterocycles. The Morgan fingerprint density at radius 3 is 1.42 bits per heavy atom. The number of nitrogens with zero attached hydrogens (tertiary/aromatic N) is 6. The predicted molar refractivity (Wildman–Crippen MR) is 265 cm³/mol. The van der Waals surface area contributed by atoms with Crippen LogP contribution in [0.1, 0.15) is 0 Å². The molecule has 7 nitrogen and oxygen atoms in total. The standard InChI is InChI=1S/C58H36N6O/c65-58-53-47-36-51-46(35-52(47)62(39-23-9-3-10-24-39)54(53)45-30-16-18-32-49(45)63(58)40-25-11-4-12-26-40)43-29-15-17-31-48(43)64(51)50-34-33-44(41-27-13-14-28-42(41)50)57-60-55(37-19-5-1-6-20-37)59-56(61-57)38-21-7-2-8-22-38/h1-36H. The third kappa shape index (κ3) is 5.69. The van der Waals surface area contributed by atoms with Crippen molar-refractivity contribution in [3.05, 3.63) is 229 Å². The van der Waals surface area contributed by atoms with Gasteiger partial charge in [0.1, 0.15) is 0 Å². The van der Waals surface area contributed by atoms with Gasteiger partial charge in [0.25, 0.3) is 5.56 Å². The molecule has 0 aliphatic rings. The SMILES string of the molecule is O=c1c2c3cc4c(cc3n(-c3ccccc3)c2c2ccccc2n1-c1ccccc1)c1ccccc1n4-c1ccc(-c2nc(-c3ccccc3)nc(-c3ccccc3)n2)c2ccccc12. The zero-order valence-corrected chi connectivity index (χ0v) is 34.9. The number of aromatic nitrogens is 6. The van der Waals surface area contributed by atoms with E-state index in [2.05, 4.69) is 118 Å². The van der Waals surface area contributed by atoms with Crippen LogP contribution in [-0.4, -0.2) is 28.7 Å². The molecule has 0 N–H and O–H groups in total. The summed E-state index contributed by atoms with van der Waals surface area (Å²) in [6, 6.07) is 74.7. The Morgan fingerprint density at radius 2 is 0.785 bits per heavy atom. The third-order valence-corrected chi connectivity index (χ3v) is 12.7. The number of hydrogen-bond donors (Lipinski definition) is 0. The summed E-state index contributed by atoms with van der Waals surface area (Å²) in [4.78, 5) is 30.6. The lowest BCUT2D eigenvalue weighted by molar-refractivity contribution is 1.06. The largest absolute Gasteiger partial charge is 0.309 e. The van der Waals surface area contributed by atoms with Crippen LogP contribution in [0.5, 0.6) is 0 Å². The van der Waals surface area contributed by atoms with Crippen molar-refractivity contribution in [2.24, 2.45) is 0 Å². The van der Waals surface area contributed by atoms with Gasteiger partial charge in [-0.2, -0.15) is 0 Å². The van der Waals surface area contributed by atoms with E-state index in [9.17, 15) is 0 Å². The smallest absolute Gasteiger partial charge is 0.265 e. The number of fused-ring (bicyclic) bond motifs is 9. The molecule has 0 saturated carbocycles. The van der Waals surface area contributed by atoms with E-state index < -0.39 is 0 Å². The highest BCUT2D eigenvalue weighted by molar-refractivity contribution is 6.23. The molecule has 13 aromatic rings. The molecule has 7 heteroatoms. The quantitative estimate of drug-likeness (QED) is 0.167. The van der Waals surface area contributed by atoms with Gasteiger partial charge >= 0.3 is 0 Å². The summed E-state index contributed by atoms with van der Waals surface area (Å²) in [6.07, 6.45) is 0. The summed E-state index contributed by atoms with van der Waals surface area (Å²) in [7, 11) is 0. The van der Waals surface area contributed by atoms with E-state index >= 15 is 4.79 Å². The highest BCUT2D eigenvalue weighted by Crippen LogP contribution is 2.43. The molecule has 0 spiro atoms. The van der Waals surface area contributed by atoms with Gasteiger partial charge in [-0.15, -0.1) is 0 Å². The van der Waals surface area contributed by atoms with Crippen molar-refractivity contribution in [3.8, 4) is 51.2 Å². The molecule has 9 aromatic carbocycles. The van der Waals surface area contributed by atoms with E-state index in [1.165, 1.54) is 0 Å². The van der Waals surface area contributed by atoms with Gasteiger partial charge in [0.05, 0.1) is 38.7 Å². The Bertz CT molecular complexity index is 4010. The zero-order chi connectivity index (χ0) is 43.0. The van der Waals surface area contributed by atoms with Crippen LogP contribution in [0.3, 0.4) is 0 Å². The monoisotopic (exact) mass is 832 g/mol. The van der Waals surface area contributed by atoms with Crippen molar-refractivity contribution in [2.75, 3.05) is 0 Å². The molecule has 4 heterocycles. The van der Waals surface area contributed by atoms with Crippen LogP contribution < -0.4 is 5.56 Å². The molecule has 0 unspecified atom stereocenters. The fraction of sp³-hybridized carbons (Fsp3) is 0. The number of para-hydroxylation sites is 4. The first-order valence-electron chi connectivity index (χ1n) is 21.7. The average molecular weight is 833 g/mol. The van der Waals surface area contributed by atoms with E-state index in [1.54, 1.807) is 0 Å². The maximum absolute atomic E-state index is 15.4. The second-order valence-electron chi connectivity index (χ2n) is 16.3. The first kappa shape index (κ1) is 36.7. The van der Waals surface area contributed by atoms with Crippen LogP contribution in [0.4, 0.5) is 0 Å². The summed E-state index contributed by atoms with van der Waals surface area (Å²) in [5.74, 6) is 1.82. The van der Waals surface area contributed by atoms with E-state index in [0.717, 1.165) is 93.7 Å². The van der Waals surface area contributed by atoms with Gasteiger partial charge in [-0.25, -0.2) is 15.0 Å². The molecular formula is C58H36N6O. The highest BCUT2D eigenvalue weighted by atomic mass is 16.1. The summed E-state index contributed by atoms with van der Waals surface area (Å²) < 4.78 is 6.50. The molecule has 0 saturated heterocycles. The van der Waals surface area contributed by atoms with Crippen molar-refractivity contribution in [2.45, 2.75) is 0 Å². The molecule has 0 amide bonds. The maximum atomic E-state index is 15.4. The van der Waals surface area contributed by atoms with Crippen LogP contribution in [0.15, 0.2) is 223 Å². The molecule has 0 aliphatic carbocycles. The van der Waals surface area contributed by atoms with Crippen molar-refractivity contribution in [3.63, 3.8) is 0 Å². The number of hydrogen-bond acceptors (Lipinski definition) is 4. The minimum absolute atomic E-state index is 0.0662. The molecule has 304 valence electrons. The van der Waals surface area contributed by atoms with Crippen molar-refractivity contribution >= 4 is 65.3 Å². The Labute approximate surface area is 372 Å². The van der Waals surface area contributed by atoms with E-state index in [0.29, 0.717) is 22.9 Å². The van der Waals surface area contributed by atoms with Crippen LogP contribution in [0, 0.1) is 0 Å². The van der Waals surface area contributed by atoms with Crippen LogP contribution >= 0.6 is 0 Å². The van der Waals surface area contributed by atoms with Gasteiger partial charge in [-0.1, -0.05) is 158 Å². The van der Waals surface area contributed by atoms with Crippen LogP contribution in [0.25, 0.3) is 117 Å². The van der Waals surface area contributed by atoms with Gasteiger partial charge in [-0.3, -0.25) is 9.36 Å². The topological polar surface area (TPSA) is 70.5 Å². The van der Waals surface area contributed by atoms with Gasteiger partial charge in [0.15, 0.2) is 17.5 Å². The summed E-state index contributed by atoms with van der Waals surface area (Å²) in [5, 5.41) is 6.81. The minimum atomic E-state index is -0.0662. The fourth-order valence-electron chi connectivity index (χ4n) is 9.85. The van der Waals surface area contributed by atoms with E-state index in [1.807, 2.05) is 114 Å². The molecule has 0 bridgehead atoms. The molecule has 0 fully saturated rings. The van der Waals surface area contributed by atoms with Gasteiger partial charge < -0.3 is 9.13 Å².